The molecule has 0 saturated carbocycles. The molecule has 7 nitrogen and oxygen atoms in total. The Labute approximate surface area is 158 Å². The molecule has 3 rings (SSSR count). The second kappa shape index (κ2) is 7.57. The number of aryl methyl sites for hydroxylation is 1. The minimum Gasteiger partial charge on any atom is -0.372 e. The molecule has 2 heterocycles. The molecule has 0 spiro atoms. The number of hydrogen-bond acceptors (Lipinski definition) is 5. The van der Waals surface area contributed by atoms with Gasteiger partial charge in [-0.15, -0.1) is 0 Å². The van der Waals surface area contributed by atoms with E-state index in [2.05, 4.69) is 33.8 Å². The van der Waals surface area contributed by atoms with E-state index < -0.39 is 0 Å². The van der Waals surface area contributed by atoms with Crippen LogP contribution in [-0.2, 0) is 4.79 Å². The summed E-state index contributed by atoms with van der Waals surface area (Å²) in [7, 11) is 0. The zero-order chi connectivity index (χ0) is 19.6. The molecule has 1 amide bonds. The van der Waals surface area contributed by atoms with E-state index in [1.165, 1.54) is 6.07 Å². The Morgan fingerprint density at radius 3 is 2.37 bits per heavy atom. The summed E-state index contributed by atoms with van der Waals surface area (Å²) in [6.07, 6.45) is 1.81. The fourth-order valence-electron chi connectivity index (χ4n) is 3.03. The number of hydrogen-bond donors (Lipinski definition) is 1. The van der Waals surface area contributed by atoms with Crippen LogP contribution in [0.4, 0.5) is 11.6 Å². The molecule has 27 heavy (non-hydrogen) atoms. The van der Waals surface area contributed by atoms with Crippen molar-refractivity contribution in [2.75, 3.05) is 23.0 Å². The van der Waals surface area contributed by atoms with E-state index in [1.54, 1.807) is 19.9 Å². The van der Waals surface area contributed by atoms with Crippen LogP contribution in [0.25, 0.3) is 6.08 Å². The summed E-state index contributed by atoms with van der Waals surface area (Å²) in [5, 5.41) is 5.40. The van der Waals surface area contributed by atoms with Gasteiger partial charge in [0.2, 0.25) is 5.95 Å². The summed E-state index contributed by atoms with van der Waals surface area (Å²) in [5.74, 6) is -0.182. The van der Waals surface area contributed by atoms with Gasteiger partial charge in [0.25, 0.3) is 11.5 Å². The zero-order valence-corrected chi connectivity index (χ0v) is 16.0. The van der Waals surface area contributed by atoms with Gasteiger partial charge in [-0.25, -0.2) is 4.98 Å². The van der Waals surface area contributed by atoms with Crippen molar-refractivity contribution >= 4 is 29.3 Å². The van der Waals surface area contributed by atoms with Crippen molar-refractivity contribution in [1.82, 2.24) is 9.97 Å². The Bertz CT molecular complexity index is 969. The quantitative estimate of drug-likeness (QED) is 0.826. The maximum absolute atomic E-state index is 12.8. The van der Waals surface area contributed by atoms with Crippen LogP contribution < -0.4 is 15.5 Å². The van der Waals surface area contributed by atoms with Gasteiger partial charge in [0.15, 0.2) is 0 Å². The zero-order valence-electron chi connectivity index (χ0n) is 16.0. The van der Waals surface area contributed by atoms with Gasteiger partial charge in [-0.3, -0.25) is 14.6 Å². The molecule has 1 aromatic carbocycles. The fraction of sp³-hybridized carbons (Fsp3) is 0.300. The standard InChI is InChI=1S/C20H23N5O2/c1-5-24(6-2)16-9-7-15(8-10-16)12-17-14(4)23-25(19(17)27)20-21-13(3)11-18(26)22-20/h7-12H,5-6H2,1-4H3,(H,21,22,26). The molecule has 0 aliphatic carbocycles. The van der Waals surface area contributed by atoms with Crippen LogP contribution in [0.15, 0.2) is 45.8 Å². The Morgan fingerprint density at radius 1 is 1.11 bits per heavy atom. The van der Waals surface area contributed by atoms with Crippen LogP contribution in [0, 0.1) is 6.92 Å². The van der Waals surface area contributed by atoms with Crippen LogP contribution in [0.5, 0.6) is 0 Å². The molecule has 140 valence electrons. The van der Waals surface area contributed by atoms with Crippen molar-refractivity contribution in [1.29, 1.82) is 0 Å². The molecule has 1 aliphatic heterocycles. The molecule has 2 aromatic rings. The first-order valence-electron chi connectivity index (χ1n) is 8.97. The van der Waals surface area contributed by atoms with Gasteiger partial charge in [0.05, 0.1) is 11.3 Å². The third-order valence-electron chi connectivity index (χ3n) is 4.45. The summed E-state index contributed by atoms with van der Waals surface area (Å²) in [6, 6.07) is 9.42. The van der Waals surface area contributed by atoms with Gasteiger partial charge < -0.3 is 4.90 Å². The lowest BCUT2D eigenvalue weighted by atomic mass is 10.1. The van der Waals surface area contributed by atoms with E-state index >= 15 is 0 Å². The molecule has 7 heteroatoms. The first kappa shape index (κ1) is 18.6. The van der Waals surface area contributed by atoms with Crippen molar-refractivity contribution in [2.45, 2.75) is 27.7 Å². The van der Waals surface area contributed by atoms with Gasteiger partial charge in [0, 0.05) is 30.5 Å². The van der Waals surface area contributed by atoms with Gasteiger partial charge in [-0.1, -0.05) is 12.1 Å². The van der Waals surface area contributed by atoms with Gasteiger partial charge in [-0.2, -0.15) is 10.1 Å². The Kier molecular flexibility index (Phi) is 5.21. The minimum atomic E-state index is -0.317. The van der Waals surface area contributed by atoms with Crippen LogP contribution in [0.1, 0.15) is 32.0 Å². The SMILES string of the molecule is CCN(CC)c1ccc(C=C2C(=O)N(c3nc(C)cc(=O)[nH]3)N=C2C)cc1. The average Bonchev–Trinajstić information content (AvgIpc) is 2.91. The number of nitrogens with zero attached hydrogens (tertiary/aromatic N) is 4. The van der Waals surface area contributed by atoms with Crippen molar-refractivity contribution in [3.63, 3.8) is 0 Å². The molecule has 0 saturated heterocycles. The molecule has 1 aliphatic rings. The number of anilines is 2. The Balaban J connectivity index is 1.88. The molecule has 1 aromatic heterocycles. The summed E-state index contributed by atoms with van der Waals surface area (Å²) >= 11 is 0. The smallest absolute Gasteiger partial charge is 0.283 e. The van der Waals surface area contributed by atoms with E-state index in [4.69, 9.17) is 0 Å². The molecule has 1 N–H and O–H groups in total. The third-order valence-corrected chi connectivity index (χ3v) is 4.45. The summed E-state index contributed by atoms with van der Waals surface area (Å²) in [4.78, 5) is 33.5. The first-order chi connectivity index (χ1) is 12.9. The van der Waals surface area contributed by atoms with Crippen molar-refractivity contribution in [2.24, 2.45) is 5.10 Å². The number of amides is 1. The lowest BCUT2D eigenvalue weighted by Gasteiger charge is -2.20. The van der Waals surface area contributed by atoms with Gasteiger partial charge in [0.1, 0.15) is 0 Å². The highest BCUT2D eigenvalue weighted by molar-refractivity contribution is 6.31. The number of nitrogens with one attached hydrogen (secondary N) is 1. The fourth-order valence-corrected chi connectivity index (χ4v) is 3.03. The number of H-pyrrole nitrogens is 1. The lowest BCUT2D eigenvalue weighted by molar-refractivity contribution is -0.114. The van der Waals surface area contributed by atoms with Crippen LogP contribution >= 0.6 is 0 Å². The summed E-state index contributed by atoms with van der Waals surface area (Å²) in [5.41, 5.74) is 3.33. The van der Waals surface area contributed by atoms with E-state index in [0.29, 0.717) is 17.0 Å². The van der Waals surface area contributed by atoms with E-state index in [1.807, 2.05) is 24.3 Å². The Hall–Kier alpha value is -3.22. The topological polar surface area (TPSA) is 81.7 Å². The minimum absolute atomic E-state index is 0.129. The van der Waals surface area contributed by atoms with E-state index in [9.17, 15) is 9.59 Å². The van der Waals surface area contributed by atoms with E-state index in [-0.39, 0.29) is 17.4 Å². The molecule has 0 bridgehead atoms. The maximum atomic E-state index is 12.8. The highest BCUT2D eigenvalue weighted by atomic mass is 16.2. The summed E-state index contributed by atoms with van der Waals surface area (Å²) < 4.78 is 0. The second-order valence-corrected chi connectivity index (χ2v) is 6.33. The second-order valence-electron chi connectivity index (χ2n) is 6.33. The maximum Gasteiger partial charge on any atom is 0.283 e. The number of hydrazone groups is 1. The van der Waals surface area contributed by atoms with Crippen LogP contribution in [0.2, 0.25) is 0 Å². The lowest BCUT2D eigenvalue weighted by Crippen LogP contribution is -2.26. The monoisotopic (exact) mass is 365 g/mol. The summed E-state index contributed by atoms with van der Waals surface area (Å²) in [6.45, 7) is 9.59. The van der Waals surface area contributed by atoms with E-state index in [0.717, 1.165) is 29.3 Å². The van der Waals surface area contributed by atoms with Crippen molar-refractivity contribution in [3.8, 4) is 0 Å². The number of aromatic amines is 1. The van der Waals surface area contributed by atoms with Crippen molar-refractivity contribution < 1.29 is 4.79 Å². The highest BCUT2D eigenvalue weighted by Crippen LogP contribution is 2.23. The van der Waals surface area contributed by atoms with Crippen LogP contribution in [-0.4, -0.2) is 34.7 Å². The Morgan fingerprint density at radius 2 is 1.78 bits per heavy atom. The molecule has 0 unspecified atom stereocenters. The first-order valence-corrected chi connectivity index (χ1v) is 8.97. The molecule has 0 radical (unpaired) electrons. The largest absolute Gasteiger partial charge is 0.372 e. The number of carbonyl (C=O) groups excluding carboxylic acids is 1. The number of benzene rings is 1. The van der Waals surface area contributed by atoms with Gasteiger partial charge in [-0.05, 0) is 51.5 Å². The van der Waals surface area contributed by atoms with Gasteiger partial charge >= 0.3 is 0 Å². The third kappa shape index (κ3) is 3.81. The molecule has 0 fully saturated rings. The predicted molar refractivity (Wildman–Crippen MR) is 108 cm³/mol. The van der Waals surface area contributed by atoms with Crippen LogP contribution in [0.3, 0.4) is 0 Å². The highest BCUT2D eigenvalue weighted by Gasteiger charge is 2.30. The van der Waals surface area contributed by atoms with Crippen molar-refractivity contribution in [3.05, 3.63) is 57.5 Å². The average molecular weight is 365 g/mol. The number of aromatic nitrogens is 2. The molecular weight excluding hydrogens is 342 g/mol. The number of rotatable bonds is 5. The normalized spacial score (nSPS) is 15.4. The molecular formula is C20H23N5O2. The molecule has 0 atom stereocenters. The predicted octanol–water partition coefficient (Wildman–Crippen LogP) is 2.73. The number of carbonyl (C=O) groups is 1.